The summed E-state index contributed by atoms with van der Waals surface area (Å²) in [5.41, 5.74) is 2.01. The number of halogens is 1. The highest BCUT2D eigenvalue weighted by atomic mass is 35.5. The number of carbonyl (C=O) groups excluding carboxylic acids is 1. The van der Waals surface area contributed by atoms with E-state index < -0.39 is 10.0 Å². The summed E-state index contributed by atoms with van der Waals surface area (Å²) < 4.78 is 32.8. The minimum Gasteiger partial charge on any atom is -0.494 e. The van der Waals surface area contributed by atoms with Gasteiger partial charge in [0.25, 0.3) is 5.91 Å². The van der Waals surface area contributed by atoms with E-state index in [0.29, 0.717) is 27.9 Å². The van der Waals surface area contributed by atoms with Crippen molar-refractivity contribution in [3.8, 4) is 5.75 Å². The molecule has 0 spiro atoms. The van der Waals surface area contributed by atoms with E-state index in [0.717, 1.165) is 21.4 Å². The topological polar surface area (TPSA) is 75.7 Å². The first-order chi connectivity index (χ1) is 16.2. The molecular weight excluding hydrogens is 492 g/mol. The van der Waals surface area contributed by atoms with E-state index in [-0.39, 0.29) is 12.5 Å². The summed E-state index contributed by atoms with van der Waals surface area (Å²) in [7, 11) is -3.54. The van der Waals surface area contributed by atoms with E-state index in [4.69, 9.17) is 16.3 Å². The van der Waals surface area contributed by atoms with Gasteiger partial charge in [-0.2, -0.15) is 0 Å². The number of carbonyl (C=O) groups is 1. The lowest BCUT2D eigenvalue weighted by Gasteiger charge is -2.22. The van der Waals surface area contributed by atoms with Gasteiger partial charge in [-0.15, -0.1) is 11.3 Å². The third-order valence-corrected chi connectivity index (χ3v) is 7.58. The standard InChI is InChI=1S/C25H23ClN2O4S2/c1-3-32-22-11-8-20(9-12-22)27-25(29)24-15-18-14-21(10-13-23(18)33-24)28(34(2,30)31)16-17-4-6-19(26)7-5-17/h4-15H,3,16H2,1-2H3,(H,27,29). The van der Waals surface area contributed by atoms with Crippen LogP contribution in [0.1, 0.15) is 22.2 Å². The Morgan fingerprint density at radius 3 is 2.38 bits per heavy atom. The number of hydrogen-bond donors (Lipinski definition) is 1. The zero-order valence-electron chi connectivity index (χ0n) is 18.6. The van der Waals surface area contributed by atoms with Crippen LogP contribution in [-0.2, 0) is 16.6 Å². The number of nitrogens with one attached hydrogen (secondary N) is 1. The predicted molar refractivity (Wildman–Crippen MR) is 140 cm³/mol. The summed E-state index contributed by atoms with van der Waals surface area (Å²) in [6.45, 7) is 2.66. The zero-order valence-corrected chi connectivity index (χ0v) is 21.0. The first-order valence-corrected chi connectivity index (χ1v) is 13.6. The Morgan fingerprint density at radius 1 is 1.03 bits per heavy atom. The first-order valence-electron chi connectivity index (χ1n) is 10.5. The lowest BCUT2D eigenvalue weighted by molar-refractivity contribution is 0.103. The molecule has 1 aromatic heterocycles. The molecule has 1 heterocycles. The molecule has 4 aromatic rings. The van der Waals surface area contributed by atoms with Crippen molar-refractivity contribution in [2.45, 2.75) is 13.5 Å². The Morgan fingerprint density at radius 2 is 1.74 bits per heavy atom. The maximum atomic E-state index is 12.8. The first kappa shape index (κ1) is 24.1. The molecule has 0 saturated carbocycles. The van der Waals surface area contributed by atoms with Crippen molar-refractivity contribution in [3.63, 3.8) is 0 Å². The average molecular weight is 515 g/mol. The van der Waals surface area contributed by atoms with Gasteiger partial charge in [0.05, 0.1) is 30.0 Å². The molecule has 0 fully saturated rings. The summed E-state index contributed by atoms with van der Waals surface area (Å²) in [5, 5.41) is 4.27. The second-order valence-corrected chi connectivity index (χ2v) is 11.1. The molecule has 0 aliphatic rings. The number of sulfonamides is 1. The maximum Gasteiger partial charge on any atom is 0.265 e. The normalized spacial score (nSPS) is 11.4. The van der Waals surface area contributed by atoms with Crippen LogP contribution >= 0.6 is 22.9 Å². The van der Waals surface area contributed by atoms with Crippen LogP contribution < -0.4 is 14.4 Å². The van der Waals surface area contributed by atoms with Crippen molar-refractivity contribution in [1.29, 1.82) is 0 Å². The van der Waals surface area contributed by atoms with Crippen molar-refractivity contribution in [2.75, 3.05) is 22.5 Å². The van der Waals surface area contributed by atoms with Crippen molar-refractivity contribution >= 4 is 60.3 Å². The van der Waals surface area contributed by atoms with Gasteiger partial charge in [-0.1, -0.05) is 23.7 Å². The van der Waals surface area contributed by atoms with E-state index in [9.17, 15) is 13.2 Å². The molecule has 34 heavy (non-hydrogen) atoms. The van der Waals surface area contributed by atoms with E-state index >= 15 is 0 Å². The van der Waals surface area contributed by atoms with Gasteiger partial charge in [-0.05, 0) is 78.5 Å². The Labute approximate surface area is 207 Å². The highest BCUT2D eigenvalue weighted by molar-refractivity contribution is 7.92. The Balaban J connectivity index is 1.57. The van der Waals surface area contributed by atoms with Crippen LogP contribution in [0.2, 0.25) is 5.02 Å². The predicted octanol–water partition coefficient (Wildman–Crippen LogP) is 6.17. The minimum atomic E-state index is -3.54. The van der Waals surface area contributed by atoms with Gasteiger partial charge >= 0.3 is 0 Å². The van der Waals surface area contributed by atoms with Gasteiger partial charge in [-0.3, -0.25) is 9.10 Å². The van der Waals surface area contributed by atoms with E-state index in [1.54, 1.807) is 66.7 Å². The van der Waals surface area contributed by atoms with Gasteiger partial charge in [0.2, 0.25) is 10.0 Å². The van der Waals surface area contributed by atoms with E-state index in [1.807, 2.05) is 13.0 Å². The van der Waals surface area contributed by atoms with Crippen LogP contribution in [0, 0.1) is 0 Å². The second-order valence-electron chi connectivity index (χ2n) is 7.64. The number of anilines is 2. The molecule has 0 atom stereocenters. The van der Waals surface area contributed by atoms with Crippen molar-refractivity contribution in [3.05, 3.63) is 88.3 Å². The van der Waals surface area contributed by atoms with Crippen LogP contribution in [0.3, 0.4) is 0 Å². The smallest absolute Gasteiger partial charge is 0.265 e. The third-order valence-electron chi connectivity index (χ3n) is 5.07. The van der Waals surface area contributed by atoms with Crippen LogP contribution in [-0.4, -0.2) is 27.2 Å². The second kappa shape index (κ2) is 10.0. The number of benzene rings is 3. The summed E-state index contributed by atoms with van der Waals surface area (Å²) >= 11 is 7.30. The van der Waals surface area contributed by atoms with Crippen molar-refractivity contribution in [1.82, 2.24) is 0 Å². The van der Waals surface area contributed by atoms with Gasteiger partial charge in [-0.25, -0.2) is 8.42 Å². The maximum absolute atomic E-state index is 12.8. The Hall–Kier alpha value is -3.07. The van der Waals surface area contributed by atoms with Crippen LogP contribution in [0.5, 0.6) is 5.75 Å². The number of nitrogens with zero attached hydrogens (tertiary/aromatic N) is 1. The van der Waals surface area contributed by atoms with Crippen LogP contribution in [0.15, 0.2) is 72.8 Å². The van der Waals surface area contributed by atoms with Gasteiger partial charge in [0, 0.05) is 15.4 Å². The van der Waals surface area contributed by atoms with Crippen LogP contribution in [0.4, 0.5) is 11.4 Å². The summed E-state index contributed by atoms with van der Waals surface area (Å²) in [4.78, 5) is 13.3. The number of amides is 1. The van der Waals surface area contributed by atoms with Crippen molar-refractivity contribution < 1.29 is 17.9 Å². The third kappa shape index (κ3) is 5.70. The molecule has 0 radical (unpaired) electrons. The molecule has 1 amide bonds. The molecule has 1 N–H and O–H groups in total. The minimum absolute atomic E-state index is 0.177. The summed E-state index contributed by atoms with van der Waals surface area (Å²) in [6, 6.07) is 21.4. The quantitative estimate of drug-likeness (QED) is 0.305. The van der Waals surface area contributed by atoms with Crippen molar-refractivity contribution in [2.24, 2.45) is 0 Å². The molecule has 3 aromatic carbocycles. The molecule has 0 aliphatic heterocycles. The number of ether oxygens (including phenoxy) is 1. The average Bonchev–Trinajstić information content (AvgIpc) is 3.23. The molecule has 0 bridgehead atoms. The molecule has 0 unspecified atom stereocenters. The molecule has 176 valence electrons. The number of fused-ring (bicyclic) bond motifs is 1. The van der Waals surface area contributed by atoms with Gasteiger partial charge in [0.15, 0.2) is 0 Å². The fraction of sp³-hybridized carbons (Fsp3) is 0.160. The zero-order chi connectivity index (χ0) is 24.3. The highest BCUT2D eigenvalue weighted by Crippen LogP contribution is 2.32. The monoisotopic (exact) mass is 514 g/mol. The lowest BCUT2D eigenvalue weighted by atomic mass is 10.2. The molecule has 6 nitrogen and oxygen atoms in total. The van der Waals surface area contributed by atoms with Gasteiger partial charge < -0.3 is 10.1 Å². The SMILES string of the molecule is CCOc1ccc(NC(=O)c2cc3cc(N(Cc4ccc(Cl)cc4)S(C)(=O)=O)ccc3s2)cc1. The Kier molecular flexibility index (Phi) is 7.11. The molecule has 4 rings (SSSR count). The molecular formula is C25H23ClN2O4S2. The van der Waals surface area contributed by atoms with E-state index in [1.165, 1.54) is 21.9 Å². The molecule has 9 heteroatoms. The summed E-state index contributed by atoms with van der Waals surface area (Å²) in [6.07, 6.45) is 1.18. The van der Waals surface area contributed by atoms with Gasteiger partial charge in [0.1, 0.15) is 5.75 Å². The number of hydrogen-bond acceptors (Lipinski definition) is 5. The molecule has 0 aliphatic carbocycles. The Bertz CT molecular complexity index is 1420. The number of thiophene rings is 1. The fourth-order valence-electron chi connectivity index (χ4n) is 3.45. The fourth-order valence-corrected chi connectivity index (χ4v) is 5.39. The highest BCUT2D eigenvalue weighted by Gasteiger charge is 2.19. The largest absolute Gasteiger partial charge is 0.494 e. The molecule has 0 saturated heterocycles. The lowest BCUT2D eigenvalue weighted by Crippen LogP contribution is -2.29. The summed E-state index contributed by atoms with van der Waals surface area (Å²) in [5.74, 6) is 0.511. The van der Waals surface area contributed by atoms with Crippen LogP contribution in [0.25, 0.3) is 10.1 Å². The van der Waals surface area contributed by atoms with E-state index in [2.05, 4.69) is 5.32 Å². The number of rotatable bonds is 8.